The maximum absolute atomic E-state index is 14.0. The fraction of sp³-hybridized carbons (Fsp3) is 0.400. The smallest absolute Gasteiger partial charge is 0.237 e. The number of carbonyl (C=O) groups excluding carboxylic acids is 1. The molecule has 2 bridgehead atoms. The van der Waals surface area contributed by atoms with Crippen molar-refractivity contribution in [3.8, 4) is 11.5 Å². The average Bonchev–Trinajstić information content (AvgIpc) is 3.32. The molecule has 0 spiro atoms. The van der Waals surface area contributed by atoms with Crippen LogP contribution in [0.3, 0.4) is 0 Å². The van der Waals surface area contributed by atoms with Crippen molar-refractivity contribution in [1.29, 1.82) is 0 Å². The highest BCUT2D eigenvalue weighted by atomic mass is 35.5. The molecule has 1 amide bonds. The molecule has 3 aromatic rings. The van der Waals surface area contributed by atoms with E-state index in [0.717, 1.165) is 41.0 Å². The summed E-state index contributed by atoms with van der Waals surface area (Å²) in [4.78, 5) is 24.1. The first-order valence-corrected chi connectivity index (χ1v) is 11.3. The highest BCUT2D eigenvalue weighted by molar-refractivity contribution is 6.31. The normalized spacial score (nSPS) is 26.4. The lowest BCUT2D eigenvalue weighted by Crippen LogP contribution is -2.48. The van der Waals surface area contributed by atoms with Gasteiger partial charge in [0.15, 0.2) is 11.5 Å². The zero-order valence-corrected chi connectivity index (χ0v) is 19.3. The highest BCUT2D eigenvalue weighted by Crippen LogP contribution is 2.70. The number of aromatic nitrogens is 2. The maximum atomic E-state index is 14.0. The molecule has 0 radical (unpaired) electrons. The molecular weight excluding hydrogens is 426 g/mol. The van der Waals surface area contributed by atoms with Crippen LogP contribution in [0.2, 0.25) is 5.02 Å². The van der Waals surface area contributed by atoms with Gasteiger partial charge in [-0.05, 0) is 42.9 Å². The van der Waals surface area contributed by atoms with Gasteiger partial charge in [-0.15, -0.1) is 0 Å². The Hall–Kier alpha value is -2.86. The van der Waals surface area contributed by atoms with Crippen molar-refractivity contribution in [2.75, 3.05) is 12.1 Å². The fourth-order valence-corrected chi connectivity index (χ4v) is 6.13. The summed E-state index contributed by atoms with van der Waals surface area (Å²) in [5.74, 6) is 1.29. The third-order valence-electron chi connectivity index (χ3n) is 8.37. The third-order valence-corrected chi connectivity index (χ3v) is 8.60. The van der Waals surface area contributed by atoms with E-state index in [1.54, 1.807) is 6.07 Å². The summed E-state index contributed by atoms with van der Waals surface area (Å²) >= 11 is 6.21. The standard InChI is InChI=1S/C25H24ClN3O3/c1-13-5-6-14(26)9-15(13)29-22(30)25-8-7-24(4,23(25,2)3)20-21(25)28-17-11-19-18(31-12-32-19)10-16(17)27-20/h5-6,9-11H,7-8,12H2,1-4H3,(H,29,30). The lowest BCUT2D eigenvalue weighted by atomic mass is 9.63. The molecule has 2 aliphatic carbocycles. The van der Waals surface area contributed by atoms with E-state index in [9.17, 15) is 4.79 Å². The number of nitrogens with one attached hydrogen (secondary N) is 1. The van der Waals surface area contributed by atoms with Crippen LogP contribution in [0.25, 0.3) is 11.0 Å². The van der Waals surface area contributed by atoms with Gasteiger partial charge in [0.1, 0.15) is 0 Å². The molecule has 1 N–H and O–H groups in total. The maximum Gasteiger partial charge on any atom is 0.237 e. The number of fused-ring (bicyclic) bond motifs is 7. The second kappa shape index (κ2) is 6.13. The Morgan fingerprint density at radius 3 is 2.34 bits per heavy atom. The quantitative estimate of drug-likeness (QED) is 0.575. The number of anilines is 1. The Balaban J connectivity index is 1.54. The molecule has 1 saturated carbocycles. The van der Waals surface area contributed by atoms with Crippen LogP contribution in [0.1, 0.15) is 50.6 Å². The Morgan fingerprint density at radius 1 is 1.00 bits per heavy atom. The van der Waals surface area contributed by atoms with Crippen molar-refractivity contribution in [3.05, 3.63) is 52.3 Å². The van der Waals surface area contributed by atoms with E-state index in [-0.39, 0.29) is 23.5 Å². The Kier molecular flexibility index (Phi) is 3.79. The number of carbonyl (C=O) groups is 1. The van der Waals surface area contributed by atoms with E-state index in [1.807, 2.05) is 31.2 Å². The molecule has 2 atom stereocenters. The number of benzene rings is 2. The molecule has 2 heterocycles. The molecule has 1 fully saturated rings. The van der Waals surface area contributed by atoms with E-state index in [4.69, 9.17) is 31.0 Å². The van der Waals surface area contributed by atoms with Gasteiger partial charge in [0.05, 0.1) is 27.8 Å². The average molecular weight is 450 g/mol. The van der Waals surface area contributed by atoms with Crippen LogP contribution in [0.5, 0.6) is 11.5 Å². The predicted octanol–water partition coefficient (Wildman–Crippen LogP) is 5.29. The number of halogens is 1. The number of amides is 1. The zero-order chi connectivity index (χ0) is 22.5. The van der Waals surface area contributed by atoms with Gasteiger partial charge < -0.3 is 14.8 Å². The van der Waals surface area contributed by atoms with E-state index in [1.165, 1.54) is 0 Å². The minimum Gasteiger partial charge on any atom is -0.454 e. The van der Waals surface area contributed by atoms with Crippen molar-refractivity contribution in [2.45, 2.75) is 51.4 Å². The van der Waals surface area contributed by atoms with Crippen molar-refractivity contribution >= 4 is 34.2 Å². The summed E-state index contributed by atoms with van der Waals surface area (Å²) in [6, 6.07) is 9.29. The van der Waals surface area contributed by atoms with Crippen LogP contribution >= 0.6 is 11.6 Å². The molecule has 6 nitrogen and oxygen atoms in total. The largest absolute Gasteiger partial charge is 0.454 e. The van der Waals surface area contributed by atoms with Crippen molar-refractivity contribution in [2.24, 2.45) is 5.41 Å². The Bertz CT molecular complexity index is 1340. The molecular formula is C25H24ClN3O3. The number of hydrogen-bond donors (Lipinski definition) is 1. The molecule has 1 aliphatic heterocycles. The molecule has 2 aromatic carbocycles. The fourth-order valence-electron chi connectivity index (χ4n) is 5.95. The molecule has 3 aliphatic rings. The van der Waals surface area contributed by atoms with Gasteiger partial charge in [-0.2, -0.15) is 0 Å². The van der Waals surface area contributed by atoms with Crippen molar-refractivity contribution < 1.29 is 14.3 Å². The van der Waals surface area contributed by atoms with Gasteiger partial charge in [0.2, 0.25) is 12.7 Å². The minimum absolute atomic E-state index is 0.0512. The topological polar surface area (TPSA) is 73.3 Å². The van der Waals surface area contributed by atoms with Crippen molar-refractivity contribution in [3.63, 3.8) is 0 Å². The predicted molar refractivity (Wildman–Crippen MR) is 123 cm³/mol. The summed E-state index contributed by atoms with van der Waals surface area (Å²) in [5.41, 5.74) is 3.44. The zero-order valence-electron chi connectivity index (χ0n) is 18.5. The summed E-state index contributed by atoms with van der Waals surface area (Å²) in [6.45, 7) is 8.72. The van der Waals surface area contributed by atoms with Gasteiger partial charge in [-0.1, -0.05) is 38.4 Å². The Morgan fingerprint density at radius 2 is 1.66 bits per heavy atom. The second-order valence-corrected chi connectivity index (χ2v) is 10.3. The molecule has 32 heavy (non-hydrogen) atoms. The number of ether oxygens (including phenoxy) is 2. The number of hydrogen-bond acceptors (Lipinski definition) is 5. The molecule has 6 rings (SSSR count). The Labute approximate surface area is 191 Å². The number of aryl methyl sites for hydroxylation is 1. The number of nitrogens with zero attached hydrogens (tertiary/aromatic N) is 2. The lowest BCUT2D eigenvalue weighted by Gasteiger charge is -2.39. The first kappa shape index (κ1) is 19.8. The first-order valence-electron chi connectivity index (χ1n) is 10.9. The minimum atomic E-state index is -0.788. The van der Waals surface area contributed by atoms with Gasteiger partial charge >= 0.3 is 0 Å². The SMILES string of the molecule is Cc1ccc(Cl)cc1NC(=O)C12CCC(C)(c3nc4cc5c(cc4nc31)OCO5)C2(C)C. The summed E-state index contributed by atoms with van der Waals surface area (Å²) in [5, 5.41) is 3.77. The van der Waals surface area contributed by atoms with Gasteiger partial charge in [0.25, 0.3) is 0 Å². The molecule has 164 valence electrons. The van der Waals surface area contributed by atoms with Gasteiger partial charge in [-0.3, -0.25) is 4.79 Å². The summed E-state index contributed by atoms with van der Waals surface area (Å²) in [7, 11) is 0. The van der Waals surface area contributed by atoms with Crippen LogP contribution < -0.4 is 14.8 Å². The second-order valence-electron chi connectivity index (χ2n) is 9.89. The van der Waals surface area contributed by atoms with E-state index >= 15 is 0 Å². The van der Waals surface area contributed by atoms with Crippen molar-refractivity contribution in [1.82, 2.24) is 9.97 Å². The molecule has 7 heteroatoms. The van der Waals surface area contributed by atoms with Crippen LogP contribution in [0, 0.1) is 12.3 Å². The van der Waals surface area contributed by atoms with E-state index in [0.29, 0.717) is 22.0 Å². The van der Waals surface area contributed by atoms with E-state index in [2.05, 4.69) is 26.1 Å². The number of rotatable bonds is 2. The van der Waals surface area contributed by atoms with Crippen LogP contribution in [-0.2, 0) is 15.6 Å². The van der Waals surface area contributed by atoms with Gasteiger partial charge in [0, 0.05) is 28.3 Å². The monoisotopic (exact) mass is 449 g/mol. The summed E-state index contributed by atoms with van der Waals surface area (Å²) < 4.78 is 11.1. The van der Waals surface area contributed by atoms with Crippen LogP contribution in [0.4, 0.5) is 5.69 Å². The van der Waals surface area contributed by atoms with E-state index < -0.39 is 5.41 Å². The van der Waals surface area contributed by atoms with Crippen LogP contribution in [-0.4, -0.2) is 22.7 Å². The molecule has 2 unspecified atom stereocenters. The first-order chi connectivity index (χ1) is 15.2. The molecule has 1 aromatic heterocycles. The molecule has 0 saturated heterocycles. The summed E-state index contributed by atoms with van der Waals surface area (Å²) in [6.07, 6.45) is 1.60. The lowest BCUT2D eigenvalue weighted by molar-refractivity contribution is -0.125. The third kappa shape index (κ3) is 2.23. The van der Waals surface area contributed by atoms with Gasteiger partial charge in [-0.25, -0.2) is 9.97 Å². The van der Waals surface area contributed by atoms with Crippen LogP contribution in [0.15, 0.2) is 30.3 Å². The highest BCUT2D eigenvalue weighted by Gasteiger charge is 2.73.